The van der Waals surface area contributed by atoms with E-state index in [9.17, 15) is 4.79 Å². The highest BCUT2D eigenvalue weighted by atomic mass is 16.1. The zero-order valence-corrected chi connectivity index (χ0v) is 7.25. The van der Waals surface area contributed by atoms with Crippen molar-refractivity contribution >= 4 is 5.91 Å². The van der Waals surface area contributed by atoms with Crippen LogP contribution in [0, 0.1) is 6.58 Å². The average molecular weight is 167 g/mol. The molecule has 3 heteroatoms. The molecule has 1 amide bonds. The molecular formula is C9H15N2O. The topological polar surface area (TPSA) is 32.3 Å². The summed E-state index contributed by atoms with van der Waals surface area (Å²) >= 11 is 0. The molecule has 1 saturated heterocycles. The van der Waals surface area contributed by atoms with Gasteiger partial charge in [0.25, 0.3) is 0 Å². The lowest BCUT2D eigenvalue weighted by molar-refractivity contribution is -0.116. The standard InChI is InChI=1S/C9H15N2O/c1-2-9(12)10-5-8-11-6-3-4-7-11/h1-2H,3-8H2,(H,10,12). The smallest absolute Gasteiger partial charge is 0.244 e. The van der Waals surface area contributed by atoms with Crippen LogP contribution >= 0.6 is 0 Å². The van der Waals surface area contributed by atoms with Crippen LogP contribution in [0.2, 0.25) is 0 Å². The van der Waals surface area contributed by atoms with E-state index < -0.39 is 0 Å². The third-order valence-corrected chi connectivity index (χ3v) is 2.08. The van der Waals surface area contributed by atoms with Crippen molar-refractivity contribution in [3.8, 4) is 0 Å². The van der Waals surface area contributed by atoms with E-state index in [1.54, 1.807) is 0 Å². The lowest BCUT2D eigenvalue weighted by atomic mass is 10.4. The van der Waals surface area contributed by atoms with Crippen LogP contribution in [0.3, 0.4) is 0 Å². The number of nitrogens with one attached hydrogen (secondary N) is 1. The predicted molar refractivity (Wildman–Crippen MR) is 47.6 cm³/mol. The Morgan fingerprint density at radius 1 is 1.50 bits per heavy atom. The van der Waals surface area contributed by atoms with E-state index in [0.29, 0.717) is 6.54 Å². The van der Waals surface area contributed by atoms with Crippen molar-refractivity contribution in [1.82, 2.24) is 10.2 Å². The Labute approximate surface area is 73.4 Å². The summed E-state index contributed by atoms with van der Waals surface area (Å²) in [6.45, 7) is 9.00. The van der Waals surface area contributed by atoms with E-state index in [0.717, 1.165) is 12.6 Å². The summed E-state index contributed by atoms with van der Waals surface area (Å²) in [6, 6.07) is 0. The van der Waals surface area contributed by atoms with Crippen molar-refractivity contribution in [2.45, 2.75) is 12.8 Å². The van der Waals surface area contributed by atoms with E-state index >= 15 is 0 Å². The molecule has 0 spiro atoms. The van der Waals surface area contributed by atoms with Crippen molar-refractivity contribution in [1.29, 1.82) is 0 Å². The molecule has 1 aliphatic heterocycles. The fraction of sp³-hybridized carbons (Fsp3) is 0.667. The summed E-state index contributed by atoms with van der Waals surface area (Å²) in [5, 5.41) is 2.70. The van der Waals surface area contributed by atoms with Gasteiger partial charge in [-0.1, -0.05) is 6.58 Å². The Morgan fingerprint density at radius 2 is 2.17 bits per heavy atom. The molecule has 3 nitrogen and oxygen atoms in total. The summed E-state index contributed by atoms with van der Waals surface area (Å²) in [4.78, 5) is 13.0. The van der Waals surface area contributed by atoms with Gasteiger partial charge in [-0.2, -0.15) is 0 Å². The SMILES string of the molecule is [CH]=CC(=O)NCCN1CCCC1. The van der Waals surface area contributed by atoms with Gasteiger partial charge in [-0.3, -0.25) is 4.79 Å². The van der Waals surface area contributed by atoms with Crippen LogP contribution in [-0.4, -0.2) is 37.0 Å². The molecule has 67 valence electrons. The number of carbonyl (C=O) groups excluding carboxylic acids is 1. The van der Waals surface area contributed by atoms with Crippen molar-refractivity contribution in [2.75, 3.05) is 26.2 Å². The minimum absolute atomic E-state index is 0.186. The van der Waals surface area contributed by atoms with Gasteiger partial charge in [-0.25, -0.2) is 0 Å². The number of hydrogen-bond donors (Lipinski definition) is 1. The van der Waals surface area contributed by atoms with Gasteiger partial charge >= 0.3 is 0 Å². The number of amides is 1. The van der Waals surface area contributed by atoms with Crippen LogP contribution in [0.25, 0.3) is 0 Å². The average Bonchev–Trinajstić information content (AvgIpc) is 2.57. The molecule has 0 aromatic carbocycles. The van der Waals surface area contributed by atoms with Crippen LogP contribution < -0.4 is 5.32 Å². The van der Waals surface area contributed by atoms with Crippen LogP contribution in [0.1, 0.15) is 12.8 Å². The number of rotatable bonds is 4. The zero-order chi connectivity index (χ0) is 8.81. The molecule has 0 aromatic rings. The molecule has 1 radical (unpaired) electrons. The summed E-state index contributed by atoms with van der Waals surface area (Å²) in [5.41, 5.74) is 0. The van der Waals surface area contributed by atoms with Gasteiger partial charge in [0.05, 0.1) is 0 Å². The summed E-state index contributed by atoms with van der Waals surface area (Å²) in [5.74, 6) is -0.186. The van der Waals surface area contributed by atoms with Gasteiger partial charge in [-0.15, -0.1) is 0 Å². The van der Waals surface area contributed by atoms with Crippen LogP contribution in [0.15, 0.2) is 6.08 Å². The number of nitrogens with zero attached hydrogens (tertiary/aromatic N) is 1. The lowest BCUT2D eigenvalue weighted by Gasteiger charge is -2.13. The molecule has 0 aliphatic carbocycles. The maximum Gasteiger partial charge on any atom is 0.244 e. The van der Waals surface area contributed by atoms with Gasteiger partial charge < -0.3 is 10.2 Å². The summed E-state index contributed by atoms with van der Waals surface area (Å²) in [6.07, 6.45) is 3.64. The van der Waals surface area contributed by atoms with Gasteiger partial charge in [-0.05, 0) is 25.9 Å². The first-order valence-corrected chi connectivity index (χ1v) is 4.38. The summed E-state index contributed by atoms with van der Waals surface area (Å²) < 4.78 is 0. The van der Waals surface area contributed by atoms with Crippen molar-refractivity contribution in [3.05, 3.63) is 12.7 Å². The Morgan fingerprint density at radius 3 is 2.75 bits per heavy atom. The molecule has 1 heterocycles. The second kappa shape index (κ2) is 4.93. The monoisotopic (exact) mass is 167 g/mol. The van der Waals surface area contributed by atoms with E-state index in [1.165, 1.54) is 25.9 Å². The Balaban J connectivity index is 2.01. The molecule has 0 bridgehead atoms. The molecule has 1 aliphatic rings. The second-order valence-corrected chi connectivity index (χ2v) is 3.01. The van der Waals surface area contributed by atoms with E-state index in [-0.39, 0.29) is 5.91 Å². The molecule has 0 aromatic heterocycles. The Kier molecular flexibility index (Phi) is 3.80. The molecule has 0 unspecified atom stereocenters. The largest absolute Gasteiger partial charge is 0.351 e. The van der Waals surface area contributed by atoms with Crippen molar-refractivity contribution < 1.29 is 4.79 Å². The van der Waals surface area contributed by atoms with Crippen LogP contribution in [0.4, 0.5) is 0 Å². The molecule has 1 fully saturated rings. The fourth-order valence-corrected chi connectivity index (χ4v) is 1.40. The first-order valence-electron chi connectivity index (χ1n) is 4.38. The number of hydrogen-bond acceptors (Lipinski definition) is 2. The maximum atomic E-state index is 10.7. The van der Waals surface area contributed by atoms with Crippen LogP contribution in [0.5, 0.6) is 0 Å². The highest BCUT2D eigenvalue weighted by Gasteiger charge is 2.10. The minimum atomic E-state index is -0.186. The highest BCUT2D eigenvalue weighted by Crippen LogP contribution is 2.05. The molecule has 0 atom stereocenters. The third kappa shape index (κ3) is 3.05. The lowest BCUT2D eigenvalue weighted by Crippen LogP contribution is -2.32. The first kappa shape index (κ1) is 9.26. The molecule has 0 saturated carbocycles. The molecule has 1 rings (SSSR count). The van der Waals surface area contributed by atoms with Crippen molar-refractivity contribution in [2.24, 2.45) is 0 Å². The Hall–Kier alpha value is -0.830. The van der Waals surface area contributed by atoms with Gasteiger partial charge in [0.1, 0.15) is 0 Å². The molecule has 12 heavy (non-hydrogen) atoms. The van der Waals surface area contributed by atoms with E-state index in [1.807, 2.05) is 0 Å². The fourth-order valence-electron chi connectivity index (χ4n) is 1.40. The van der Waals surface area contributed by atoms with Crippen molar-refractivity contribution in [3.63, 3.8) is 0 Å². The van der Waals surface area contributed by atoms with Gasteiger partial charge in [0.15, 0.2) is 0 Å². The molecule has 1 N–H and O–H groups in total. The third-order valence-electron chi connectivity index (χ3n) is 2.08. The van der Waals surface area contributed by atoms with Gasteiger partial charge in [0.2, 0.25) is 5.91 Å². The predicted octanol–water partition coefficient (Wildman–Crippen LogP) is 0.188. The maximum absolute atomic E-state index is 10.7. The van der Waals surface area contributed by atoms with Gasteiger partial charge in [0, 0.05) is 19.2 Å². The quantitative estimate of drug-likeness (QED) is 0.606. The number of carbonyl (C=O) groups is 1. The van der Waals surface area contributed by atoms with E-state index in [4.69, 9.17) is 6.58 Å². The summed E-state index contributed by atoms with van der Waals surface area (Å²) in [7, 11) is 0. The minimum Gasteiger partial charge on any atom is -0.351 e. The number of likely N-dealkylation sites (tertiary alicyclic amines) is 1. The van der Waals surface area contributed by atoms with Crippen LogP contribution in [-0.2, 0) is 4.79 Å². The Bertz CT molecular complexity index is 162. The first-order chi connectivity index (χ1) is 5.83. The molecular weight excluding hydrogens is 152 g/mol. The zero-order valence-electron chi connectivity index (χ0n) is 7.25. The normalized spacial score (nSPS) is 17.7. The highest BCUT2D eigenvalue weighted by molar-refractivity contribution is 5.86. The van der Waals surface area contributed by atoms with E-state index in [2.05, 4.69) is 10.2 Å². The second-order valence-electron chi connectivity index (χ2n) is 3.01.